The monoisotopic (exact) mass is 352 g/mol. The molecule has 0 aliphatic rings. The molecule has 92 valence electrons. The molecule has 0 atom stereocenters. The van der Waals surface area contributed by atoms with Crippen molar-refractivity contribution < 1.29 is 4.79 Å². The summed E-state index contributed by atoms with van der Waals surface area (Å²) >= 11 is 2.19. The summed E-state index contributed by atoms with van der Waals surface area (Å²) in [6.45, 7) is 1.89. The first kappa shape index (κ1) is 12.9. The van der Waals surface area contributed by atoms with Crippen LogP contribution < -0.4 is 11.1 Å². The summed E-state index contributed by atoms with van der Waals surface area (Å²) in [5.41, 5.74) is 8.62. The molecule has 2 aromatic carbocycles. The van der Waals surface area contributed by atoms with E-state index in [1.165, 1.54) is 0 Å². The Morgan fingerprint density at radius 2 is 1.94 bits per heavy atom. The van der Waals surface area contributed by atoms with E-state index >= 15 is 0 Å². The fraction of sp³-hybridized carbons (Fsp3) is 0.0714. The van der Waals surface area contributed by atoms with Crippen LogP contribution in [0.25, 0.3) is 0 Å². The lowest BCUT2D eigenvalue weighted by Gasteiger charge is -2.09. The summed E-state index contributed by atoms with van der Waals surface area (Å²) < 4.78 is 1.00. The van der Waals surface area contributed by atoms with Crippen molar-refractivity contribution in [2.75, 3.05) is 11.1 Å². The van der Waals surface area contributed by atoms with E-state index in [1.807, 2.05) is 37.3 Å². The second kappa shape index (κ2) is 5.39. The molecule has 0 aliphatic carbocycles. The minimum Gasteiger partial charge on any atom is -0.399 e. The smallest absolute Gasteiger partial charge is 0.256 e. The highest BCUT2D eigenvalue weighted by Crippen LogP contribution is 2.19. The number of nitrogen functional groups attached to an aromatic ring is 1. The number of anilines is 2. The maximum Gasteiger partial charge on any atom is 0.256 e. The summed E-state index contributed by atoms with van der Waals surface area (Å²) in [6, 6.07) is 13.0. The highest BCUT2D eigenvalue weighted by Gasteiger charge is 2.10. The Labute approximate surface area is 120 Å². The van der Waals surface area contributed by atoms with Crippen LogP contribution >= 0.6 is 22.6 Å². The second-order valence-corrected chi connectivity index (χ2v) is 5.17. The van der Waals surface area contributed by atoms with Gasteiger partial charge in [-0.3, -0.25) is 4.79 Å². The first-order valence-electron chi connectivity index (χ1n) is 5.50. The van der Waals surface area contributed by atoms with Crippen LogP contribution in [0.3, 0.4) is 0 Å². The lowest BCUT2D eigenvalue weighted by molar-refractivity contribution is 0.102. The van der Waals surface area contributed by atoms with Crippen LogP contribution in [-0.2, 0) is 0 Å². The molecule has 2 aromatic rings. The molecule has 3 nitrogen and oxygen atoms in total. The summed E-state index contributed by atoms with van der Waals surface area (Å²) in [5, 5.41) is 2.89. The number of hydrogen-bond donors (Lipinski definition) is 2. The van der Waals surface area contributed by atoms with Gasteiger partial charge in [0.05, 0.1) is 5.69 Å². The fourth-order valence-electron chi connectivity index (χ4n) is 1.64. The van der Waals surface area contributed by atoms with Gasteiger partial charge in [0.2, 0.25) is 0 Å². The first-order chi connectivity index (χ1) is 8.58. The molecule has 0 aliphatic heterocycles. The topological polar surface area (TPSA) is 55.1 Å². The van der Waals surface area contributed by atoms with Gasteiger partial charge in [0.15, 0.2) is 0 Å². The number of aryl methyl sites for hydroxylation is 1. The normalized spacial score (nSPS) is 10.1. The predicted molar refractivity (Wildman–Crippen MR) is 82.7 cm³/mol. The van der Waals surface area contributed by atoms with Gasteiger partial charge in [-0.1, -0.05) is 18.2 Å². The van der Waals surface area contributed by atoms with Gasteiger partial charge in [-0.05, 0) is 59.3 Å². The molecular weight excluding hydrogens is 339 g/mol. The molecular formula is C14H13IN2O. The molecule has 18 heavy (non-hydrogen) atoms. The lowest BCUT2D eigenvalue weighted by atomic mass is 10.1. The number of amides is 1. The minimum atomic E-state index is -0.135. The van der Waals surface area contributed by atoms with Crippen molar-refractivity contribution in [3.8, 4) is 0 Å². The third-order valence-electron chi connectivity index (χ3n) is 2.63. The number of carbonyl (C=O) groups is 1. The van der Waals surface area contributed by atoms with Crippen molar-refractivity contribution in [3.05, 3.63) is 57.2 Å². The zero-order valence-corrected chi connectivity index (χ0v) is 12.1. The van der Waals surface area contributed by atoms with Crippen molar-refractivity contribution >= 4 is 39.9 Å². The molecule has 0 fully saturated rings. The number of nitrogens with one attached hydrogen (secondary N) is 1. The number of halogens is 1. The first-order valence-corrected chi connectivity index (χ1v) is 6.58. The molecule has 0 heterocycles. The van der Waals surface area contributed by atoms with Gasteiger partial charge in [-0.25, -0.2) is 0 Å². The highest BCUT2D eigenvalue weighted by atomic mass is 127. The average Bonchev–Trinajstić information content (AvgIpc) is 2.35. The number of benzene rings is 2. The second-order valence-electron chi connectivity index (χ2n) is 4.01. The molecule has 0 saturated heterocycles. The Bertz CT molecular complexity index is 596. The Morgan fingerprint density at radius 1 is 1.22 bits per heavy atom. The number of rotatable bonds is 2. The SMILES string of the molecule is Cc1ccc(N)cc1C(=O)Nc1ccccc1I. The van der Waals surface area contributed by atoms with Gasteiger partial charge in [0.25, 0.3) is 5.91 Å². The third-order valence-corrected chi connectivity index (χ3v) is 3.57. The molecule has 0 aromatic heterocycles. The zero-order valence-electron chi connectivity index (χ0n) is 9.91. The van der Waals surface area contributed by atoms with Crippen molar-refractivity contribution in [2.45, 2.75) is 6.92 Å². The largest absolute Gasteiger partial charge is 0.399 e. The van der Waals surface area contributed by atoms with E-state index in [2.05, 4.69) is 27.9 Å². The Balaban J connectivity index is 2.28. The third kappa shape index (κ3) is 2.81. The van der Waals surface area contributed by atoms with Crippen molar-refractivity contribution in [3.63, 3.8) is 0 Å². The lowest BCUT2D eigenvalue weighted by Crippen LogP contribution is -2.14. The minimum absolute atomic E-state index is 0.135. The fourth-order valence-corrected chi connectivity index (χ4v) is 2.16. The van der Waals surface area contributed by atoms with Gasteiger partial charge >= 0.3 is 0 Å². The number of carbonyl (C=O) groups excluding carboxylic acids is 1. The van der Waals surface area contributed by atoms with E-state index in [9.17, 15) is 4.79 Å². The van der Waals surface area contributed by atoms with E-state index in [1.54, 1.807) is 12.1 Å². The van der Waals surface area contributed by atoms with Gasteiger partial charge in [0.1, 0.15) is 0 Å². The molecule has 0 bridgehead atoms. The molecule has 1 amide bonds. The van der Waals surface area contributed by atoms with Crippen LogP contribution in [-0.4, -0.2) is 5.91 Å². The summed E-state index contributed by atoms with van der Waals surface area (Å²) in [6.07, 6.45) is 0. The van der Waals surface area contributed by atoms with Crippen molar-refractivity contribution in [2.24, 2.45) is 0 Å². The molecule has 0 saturated carbocycles. The van der Waals surface area contributed by atoms with Gasteiger partial charge in [-0.15, -0.1) is 0 Å². The Morgan fingerprint density at radius 3 is 2.67 bits per heavy atom. The van der Waals surface area contributed by atoms with E-state index in [0.29, 0.717) is 11.3 Å². The summed E-state index contributed by atoms with van der Waals surface area (Å²) in [7, 11) is 0. The Kier molecular flexibility index (Phi) is 3.86. The predicted octanol–water partition coefficient (Wildman–Crippen LogP) is 3.43. The van der Waals surface area contributed by atoms with Gasteiger partial charge in [0, 0.05) is 14.8 Å². The average molecular weight is 352 g/mol. The molecule has 0 spiro atoms. The van der Waals surface area contributed by atoms with Crippen LogP contribution in [0.4, 0.5) is 11.4 Å². The highest BCUT2D eigenvalue weighted by molar-refractivity contribution is 14.1. The van der Waals surface area contributed by atoms with Crippen LogP contribution in [0.2, 0.25) is 0 Å². The van der Waals surface area contributed by atoms with Crippen LogP contribution in [0.15, 0.2) is 42.5 Å². The van der Waals surface area contributed by atoms with Gasteiger partial charge < -0.3 is 11.1 Å². The standard InChI is InChI=1S/C14H13IN2O/c1-9-6-7-10(16)8-11(9)14(18)17-13-5-3-2-4-12(13)15/h2-8H,16H2,1H3,(H,17,18). The summed E-state index contributed by atoms with van der Waals surface area (Å²) in [5.74, 6) is -0.135. The van der Waals surface area contributed by atoms with E-state index in [4.69, 9.17) is 5.73 Å². The van der Waals surface area contributed by atoms with Crippen molar-refractivity contribution in [1.29, 1.82) is 0 Å². The molecule has 0 unspecified atom stereocenters. The van der Waals surface area contributed by atoms with Crippen molar-refractivity contribution in [1.82, 2.24) is 0 Å². The molecule has 0 radical (unpaired) electrons. The summed E-state index contributed by atoms with van der Waals surface area (Å²) in [4.78, 5) is 12.2. The maximum absolute atomic E-state index is 12.2. The van der Waals surface area contributed by atoms with E-state index in [-0.39, 0.29) is 5.91 Å². The van der Waals surface area contributed by atoms with E-state index < -0.39 is 0 Å². The molecule has 3 N–H and O–H groups in total. The number of nitrogens with two attached hydrogens (primary N) is 1. The zero-order chi connectivity index (χ0) is 13.1. The van der Waals surface area contributed by atoms with E-state index in [0.717, 1.165) is 14.8 Å². The van der Waals surface area contributed by atoms with Crippen LogP contribution in [0.5, 0.6) is 0 Å². The molecule has 4 heteroatoms. The van der Waals surface area contributed by atoms with Crippen LogP contribution in [0, 0.1) is 10.5 Å². The quantitative estimate of drug-likeness (QED) is 0.643. The van der Waals surface area contributed by atoms with Gasteiger partial charge in [-0.2, -0.15) is 0 Å². The Hall–Kier alpha value is -1.56. The maximum atomic E-state index is 12.2. The number of para-hydroxylation sites is 1. The van der Waals surface area contributed by atoms with Crippen LogP contribution in [0.1, 0.15) is 15.9 Å². The number of hydrogen-bond acceptors (Lipinski definition) is 2. The molecule has 2 rings (SSSR count).